The average molecular weight is 231 g/mol. The Kier molecular flexibility index (Phi) is 3.44. The highest BCUT2D eigenvalue weighted by Gasteiger charge is 2.13. The van der Waals surface area contributed by atoms with Crippen molar-refractivity contribution in [2.24, 2.45) is 7.05 Å². The number of phenols is 1. The molecular weight excluding hydrogens is 214 g/mol. The van der Waals surface area contributed by atoms with Crippen molar-refractivity contribution in [3.05, 3.63) is 48.0 Å². The lowest BCUT2D eigenvalue weighted by molar-refractivity contribution is 0.473. The molecule has 0 aliphatic heterocycles. The maximum Gasteiger partial charge on any atom is 0.115 e. The van der Waals surface area contributed by atoms with E-state index >= 15 is 0 Å². The van der Waals surface area contributed by atoms with Crippen molar-refractivity contribution < 1.29 is 5.11 Å². The summed E-state index contributed by atoms with van der Waals surface area (Å²) in [6, 6.07) is 7.55. The van der Waals surface area contributed by atoms with Gasteiger partial charge in [-0.1, -0.05) is 12.1 Å². The summed E-state index contributed by atoms with van der Waals surface area (Å²) in [5, 5.41) is 12.7. The van der Waals surface area contributed by atoms with Crippen LogP contribution < -0.4 is 5.32 Å². The predicted molar refractivity (Wildman–Crippen MR) is 66.8 cm³/mol. The van der Waals surface area contributed by atoms with Crippen LogP contribution in [0.5, 0.6) is 5.75 Å². The second-order valence-electron chi connectivity index (χ2n) is 4.14. The van der Waals surface area contributed by atoms with E-state index < -0.39 is 0 Å². The Morgan fingerprint density at radius 3 is 2.88 bits per heavy atom. The minimum atomic E-state index is 0.198. The fourth-order valence-electron chi connectivity index (χ4n) is 1.98. The van der Waals surface area contributed by atoms with Gasteiger partial charge in [-0.05, 0) is 31.2 Å². The van der Waals surface area contributed by atoms with Crippen LogP contribution in [0.2, 0.25) is 0 Å². The Bertz CT molecular complexity index is 493. The predicted octanol–water partition coefficient (Wildman–Crippen LogP) is 1.63. The monoisotopic (exact) mass is 231 g/mol. The standard InChI is InChI=1S/C13H17N3O/c1-14-12(13-8-15-9-16(13)2)7-10-4-3-5-11(17)6-10/h3-6,8-9,12,14,17H,7H2,1-2H3. The first-order chi connectivity index (χ1) is 8.20. The summed E-state index contributed by atoms with van der Waals surface area (Å²) in [6.07, 6.45) is 4.48. The molecule has 0 aliphatic carbocycles. The second kappa shape index (κ2) is 5.01. The van der Waals surface area contributed by atoms with Gasteiger partial charge >= 0.3 is 0 Å². The van der Waals surface area contributed by atoms with Crippen LogP contribution in [0, 0.1) is 0 Å². The van der Waals surface area contributed by atoms with Gasteiger partial charge in [-0.2, -0.15) is 0 Å². The number of hydrogen-bond acceptors (Lipinski definition) is 3. The fraction of sp³-hybridized carbons (Fsp3) is 0.308. The molecule has 0 saturated heterocycles. The number of imidazole rings is 1. The fourth-order valence-corrected chi connectivity index (χ4v) is 1.98. The zero-order valence-electron chi connectivity index (χ0n) is 10.1. The van der Waals surface area contributed by atoms with Gasteiger partial charge in [0, 0.05) is 13.2 Å². The number of nitrogens with zero attached hydrogens (tertiary/aromatic N) is 2. The second-order valence-corrected chi connectivity index (χ2v) is 4.14. The molecular formula is C13H17N3O. The molecule has 0 radical (unpaired) electrons. The van der Waals surface area contributed by atoms with E-state index in [-0.39, 0.29) is 6.04 Å². The maximum absolute atomic E-state index is 9.45. The first-order valence-corrected chi connectivity index (χ1v) is 5.62. The minimum absolute atomic E-state index is 0.198. The van der Waals surface area contributed by atoms with Crippen molar-refractivity contribution in [3.8, 4) is 5.75 Å². The Morgan fingerprint density at radius 1 is 1.47 bits per heavy atom. The van der Waals surface area contributed by atoms with E-state index in [1.807, 2.05) is 37.0 Å². The highest BCUT2D eigenvalue weighted by Crippen LogP contribution is 2.19. The lowest BCUT2D eigenvalue weighted by Gasteiger charge is -2.16. The molecule has 2 aromatic rings. The van der Waals surface area contributed by atoms with Gasteiger partial charge in [0.2, 0.25) is 0 Å². The zero-order chi connectivity index (χ0) is 12.3. The highest BCUT2D eigenvalue weighted by molar-refractivity contribution is 5.28. The number of nitrogens with one attached hydrogen (secondary N) is 1. The van der Waals surface area contributed by atoms with Crippen molar-refractivity contribution in [3.63, 3.8) is 0 Å². The van der Waals surface area contributed by atoms with E-state index in [4.69, 9.17) is 0 Å². The molecule has 4 nitrogen and oxygen atoms in total. The van der Waals surface area contributed by atoms with Crippen molar-refractivity contribution in [1.29, 1.82) is 0 Å². The third kappa shape index (κ3) is 2.65. The van der Waals surface area contributed by atoms with Crippen LogP contribution in [-0.4, -0.2) is 21.7 Å². The molecule has 1 aromatic heterocycles. The number of phenolic OH excluding ortho intramolecular Hbond substituents is 1. The van der Waals surface area contributed by atoms with Crippen LogP contribution in [0.15, 0.2) is 36.8 Å². The summed E-state index contributed by atoms with van der Waals surface area (Å²) in [6.45, 7) is 0. The van der Waals surface area contributed by atoms with Gasteiger partial charge in [0.25, 0.3) is 0 Å². The molecule has 1 aromatic carbocycles. The Morgan fingerprint density at radius 2 is 2.29 bits per heavy atom. The summed E-state index contributed by atoms with van der Waals surface area (Å²) in [4.78, 5) is 4.12. The van der Waals surface area contributed by atoms with E-state index in [0.29, 0.717) is 5.75 Å². The third-order valence-electron chi connectivity index (χ3n) is 2.91. The smallest absolute Gasteiger partial charge is 0.115 e. The van der Waals surface area contributed by atoms with Crippen molar-refractivity contribution in [2.45, 2.75) is 12.5 Å². The number of rotatable bonds is 4. The Balaban J connectivity index is 2.19. The van der Waals surface area contributed by atoms with Gasteiger partial charge in [-0.15, -0.1) is 0 Å². The molecule has 0 bridgehead atoms. The summed E-state index contributed by atoms with van der Waals surface area (Å²) in [5.74, 6) is 0.308. The molecule has 0 amide bonds. The highest BCUT2D eigenvalue weighted by atomic mass is 16.3. The Hall–Kier alpha value is -1.81. The number of aryl methyl sites for hydroxylation is 1. The van der Waals surface area contributed by atoms with Crippen LogP contribution in [0.1, 0.15) is 17.3 Å². The number of hydrogen-bond donors (Lipinski definition) is 2. The van der Waals surface area contributed by atoms with Gasteiger partial charge in [-0.25, -0.2) is 4.98 Å². The molecule has 0 aliphatic rings. The summed E-state index contributed by atoms with van der Waals surface area (Å²) in [7, 11) is 3.91. The number of likely N-dealkylation sites (N-methyl/N-ethyl adjacent to an activating group) is 1. The average Bonchev–Trinajstić information content (AvgIpc) is 2.72. The quantitative estimate of drug-likeness (QED) is 0.841. The van der Waals surface area contributed by atoms with E-state index in [1.54, 1.807) is 18.5 Å². The number of aromatic hydroxyl groups is 1. The van der Waals surface area contributed by atoms with Gasteiger partial charge in [0.15, 0.2) is 0 Å². The zero-order valence-corrected chi connectivity index (χ0v) is 10.1. The number of aromatic nitrogens is 2. The molecule has 1 unspecified atom stereocenters. The number of benzene rings is 1. The molecule has 0 fully saturated rings. The van der Waals surface area contributed by atoms with Crippen molar-refractivity contribution in [1.82, 2.24) is 14.9 Å². The molecule has 1 heterocycles. The molecule has 2 rings (SSSR count). The van der Waals surface area contributed by atoms with Crippen LogP contribution in [0.3, 0.4) is 0 Å². The van der Waals surface area contributed by atoms with Crippen molar-refractivity contribution in [2.75, 3.05) is 7.05 Å². The van der Waals surface area contributed by atoms with E-state index in [2.05, 4.69) is 10.3 Å². The molecule has 2 N–H and O–H groups in total. The summed E-state index contributed by atoms with van der Waals surface area (Å²) < 4.78 is 2.00. The van der Waals surface area contributed by atoms with Crippen LogP contribution in [0.25, 0.3) is 0 Å². The van der Waals surface area contributed by atoms with Gasteiger partial charge in [0.1, 0.15) is 5.75 Å². The molecule has 1 atom stereocenters. The van der Waals surface area contributed by atoms with Gasteiger partial charge in [0.05, 0.1) is 18.1 Å². The minimum Gasteiger partial charge on any atom is -0.508 e. The van der Waals surface area contributed by atoms with Gasteiger partial charge in [-0.3, -0.25) is 0 Å². The van der Waals surface area contributed by atoms with Crippen LogP contribution >= 0.6 is 0 Å². The topological polar surface area (TPSA) is 50.1 Å². The van der Waals surface area contributed by atoms with Crippen LogP contribution in [0.4, 0.5) is 0 Å². The van der Waals surface area contributed by atoms with Crippen molar-refractivity contribution >= 4 is 0 Å². The molecule has 17 heavy (non-hydrogen) atoms. The Labute approximate surface area is 101 Å². The lowest BCUT2D eigenvalue weighted by Crippen LogP contribution is -2.21. The summed E-state index contributed by atoms with van der Waals surface area (Å²) in [5.41, 5.74) is 2.24. The first-order valence-electron chi connectivity index (χ1n) is 5.62. The molecule has 4 heteroatoms. The van der Waals surface area contributed by atoms with Gasteiger partial charge < -0.3 is 15.0 Å². The normalized spacial score (nSPS) is 12.6. The maximum atomic E-state index is 9.45. The lowest BCUT2D eigenvalue weighted by atomic mass is 10.0. The molecule has 90 valence electrons. The SMILES string of the molecule is CNC(Cc1cccc(O)c1)c1cncn1C. The van der Waals surface area contributed by atoms with Crippen LogP contribution in [-0.2, 0) is 13.5 Å². The molecule has 0 spiro atoms. The molecule has 0 saturated carbocycles. The van der Waals surface area contributed by atoms with E-state index in [0.717, 1.165) is 17.7 Å². The summed E-state index contributed by atoms with van der Waals surface area (Å²) >= 11 is 0. The van der Waals surface area contributed by atoms with E-state index in [9.17, 15) is 5.11 Å². The third-order valence-corrected chi connectivity index (χ3v) is 2.91. The van der Waals surface area contributed by atoms with E-state index in [1.165, 1.54) is 0 Å². The first kappa shape index (κ1) is 11.7. The largest absolute Gasteiger partial charge is 0.508 e.